The standard InChI is InChI=1S/C19H21ClN2O5S/c1-3-26-16-7-5-4-6-14(16)21-19(23)18-10-11-22(28(2,24)25)15-12-13(20)8-9-17(15)27-18/h4-9,12,18H,3,10-11H2,1-2H3,(H,21,23)/t18-/m1/s1. The Hall–Kier alpha value is -2.45. The van der Waals surface area contributed by atoms with E-state index in [-0.39, 0.29) is 24.6 Å². The van der Waals surface area contributed by atoms with E-state index in [0.717, 1.165) is 6.26 Å². The number of fused-ring (bicyclic) bond motifs is 1. The van der Waals surface area contributed by atoms with Crippen LogP contribution in [0.3, 0.4) is 0 Å². The van der Waals surface area contributed by atoms with E-state index in [0.29, 0.717) is 28.8 Å². The maximum Gasteiger partial charge on any atom is 0.265 e. The van der Waals surface area contributed by atoms with Gasteiger partial charge in [0.1, 0.15) is 11.5 Å². The number of halogens is 1. The monoisotopic (exact) mass is 424 g/mol. The highest BCUT2D eigenvalue weighted by molar-refractivity contribution is 7.92. The smallest absolute Gasteiger partial charge is 0.265 e. The van der Waals surface area contributed by atoms with Gasteiger partial charge >= 0.3 is 0 Å². The molecule has 0 saturated heterocycles. The van der Waals surface area contributed by atoms with E-state index in [9.17, 15) is 13.2 Å². The van der Waals surface area contributed by atoms with Crippen LogP contribution in [0.1, 0.15) is 13.3 Å². The Kier molecular flexibility index (Phi) is 6.00. The zero-order valence-electron chi connectivity index (χ0n) is 15.5. The van der Waals surface area contributed by atoms with E-state index in [4.69, 9.17) is 21.1 Å². The summed E-state index contributed by atoms with van der Waals surface area (Å²) < 4.78 is 37.0. The molecule has 150 valence electrons. The number of rotatable bonds is 5. The quantitative estimate of drug-likeness (QED) is 0.796. The van der Waals surface area contributed by atoms with Crippen LogP contribution < -0.4 is 19.1 Å². The van der Waals surface area contributed by atoms with Crippen LogP contribution >= 0.6 is 11.6 Å². The predicted octanol–water partition coefficient (Wildman–Crippen LogP) is 3.29. The molecule has 1 N–H and O–H groups in total. The van der Waals surface area contributed by atoms with E-state index >= 15 is 0 Å². The lowest BCUT2D eigenvalue weighted by atomic mass is 10.2. The first-order valence-electron chi connectivity index (χ1n) is 8.76. The van der Waals surface area contributed by atoms with Gasteiger partial charge in [-0.25, -0.2) is 8.42 Å². The molecule has 0 unspecified atom stereocenters. The van der Waals surface area contributed by atoms with Crippen molar-refractivity contribution in [3.05, 3.63) is 47.5 Å². The van der Waals surface area contributed by atoms with Crippen molar-refractivity contribution in [3.8, 4) is 11.5 Å². The molecule has 0 radical (unpaired) electrons. The molecule has 0 aromatic heterocycles. The second kappa shape index (κ2) is 8.28. The highest BCUT2D eigenvalue weighted by atomic mass is 35.5. The van der Waals surface area contributed by atoms with Crippen LogP contribution in [0.15, 0.2) is 42.5 Å². The minimum absolute atomic E-state index is 0.0946. The Morgan fingerprint density at radius 2 is 2.07 bits per heavy atom. The maximum absolute atomic E-state index is 12.8. The van der Waals surface area contributed by atoms with E-state index < -0.39 is 16.1 Å². The van der Waals surface area contributed by atoms with Gasteiger partial charge in [0.25, 0.3) is 5.91 Å². The number of amides is 1. The number of benzene rings is 2. The number of nitrogens with one attached hydrogen (secondary N) is 1. The largest absolute Gasteiger partial charge is 0.492 e. The predicted molar refractivity (Wildman–Crippen MR) is 109 cm³/mol. The zero-order chi connectivity index (χ0) is 20.3. The Balaban J connectivity index is 1.87. The lowest BCUT2D eigenvalue weighted by Crippen LogP contribution is -2.36. The van der Waals surface area contributed by atoms with Crippen LogP contribution in [0.25, 0.3) is 0 Å². The Bertz CT molecular complexity index is 980. The highest BCUT2D eigenvalue weighted by Gasteiger charge is 2.31. The summed E-state index contributed by atoms with van der Waals surface area (Å²) in [6, 6.07) is 11.8. The fourth-order valence-corrected chi connectivity index (χ4v) is 4.05. The van der Waals surface area contributed by atoms with E-state index in [1.165, 1.54) is 10.4 Å². The molecule has 0 aliphatic carbocycles. The number of carbonyl (C=O) groups is 1. The summed E-state index contributed by atoms with van der Waals surface area (Å²) in [4.78, 5) is 12.8. The summed E-state index contributed by atoms with van der Waals surface area (Å²) in [6.07, 6.45) is 0.416. The van der Waals surface area contributed by atoms with Crippen molar-refractivity contribution in [2.24, 2.45) is 0 Å². The molecule has 0 saturated carbocycles. The van der Waals surface area contributed by atoms with E-state index in [1.807, 2.05) is 13.0 Å². The summed E-state index contributed by atoms with van der Waals surface area (Å²) in [5, 5.41) is 3.18. The van der Waals surface area contributed by atoms with Crippen molar-refractivity contribution in [1.29, 1.82) is 0 Å². The molecule has 0 spiro atoms. The third-order valence-corrected chi connectivity index (χ3v) is 5.61. The van der Waals surface area contributed by atoms with Gasteiger partial charge in [-0.1, -0.05) is 23.7 Å². The summed E-state index contributed by atoms with van der Waals surface area (Å²) in [6.45, 7) is 2.41. The van der Waals surface area contributed by atoms with E-state index in [1.54, 1.807) is 30.3 Å². The SMILES string of the molecule is CCOc1ccccc1NC(=O)[C@H]1CCN(S(C)(=O)=O)c2cc(Cl)ccc2O1. The second-order valence-electron chi connectivity index (χ2n) is 6.26. The lowest BCUT2D eigenvalue weighted by molar-refractivity contribution is -0.122. The molecule has 1 aliphatic rings. The highest BCUT2D eigenvalue weighted by Crippen LogP contribution is 2.36. The molecule has 2 aromatic carbocycles. The number of carbonyl (C=O) groups excluding carboxylic acids is 1. The average Bonchev–Trinajstić information content (AvgIpc) is 2.82. The first-order valence-corrected chi connectivity index (χ1v) is 11.0. The van der Waals surface area contributed by atoms with Gasteiger partial charge in [-0.15, -0.1) is 0 Å². The molecule has 3 rings (SSSR count). The fraction of sp³-hybridized carbons (Fsp3) is 0.316. The molecule has 0 bridgehead atoms. The molecule has 1 atom stereocenters. The van der Waals surface area contributed by atoms with Gasteiger partial charge in [-0.2, -0.15) is 0 Å². The number of anilines is 2. The van der Waals surface area contributed by atoms with Gasteiger partial charge in [-0.3, -0.25) is 9.10 Å². The van der Waals surface area contributed by atoms with Gasteiger partial charge in [-0.05, 0) is 37.3 Å². The van der Waals surface area contributed by atoms with Crippen LogP contribution in [0, 0.1) is 0 Å². The number of sulfonamides is 1. The molecule has 0 fully saturated rings. The summed E-state index contributed by atoms with van der Waals surface area (Å²) in [5.41, 5.74) is 0.846. The van der Waals surface area contributed by atoms with Crippen molar-refractivity contribution >= 4 is 38.9 Å². The second-order valence-corrected chi connectivity index (χ2v) is 8.60. The first-order chi connectivity index (χ1) is 13.3. The molecule has 1 aliphatic heterocycles. The number of hydrogen-bond donors (Lipinski definition) is 1. The van der Waals surface area contributed by atoms with Crippen LogP contribution in [-0.2, 0) is 14.8 Å². The average molecular weight is 425 g/mol. The van der Waals surface area contributed by atoms with Gasteiger partial charge in [0.2, 0.25) is 10.0 Å². The molecule has 2 aromatic rings. The van der Waals surface area contributed by atoms with Crippen LogP contribution in [0.5, 0.6) is 11.5 Å². The molecule has 9 heteroatoms. The normalized spacial score (nSPS) is 16.5. The summed E-state index contributed by atoms with van der Waals surface area (Å²) in [5.74, 6) is 0.450. The van der Waals surface area contributed by atoms with Gasteiger partial charge in [0.15, 0.2) is 6.10 Å². The molecule has 28 heavy (non-hydrogen) atoms. The molecular weight excluding hydrogens is 404 g/mol. The Morgan fingerprint density at radius 3 is 2.79 bits per heavy atom. The molecule has 1 heterocycles. The Labute approximate surface area is 169 Å². The number of hydrogen-bond acceptors (Lipinski definition) is 5. The van der Waals surface area contributed by atoms with E-state index in [2.05, 4.69) is 5.32 Å². The van der Waals surface area contributed by atoms with Crippen LogP contribution in [0.2, 0.25) is 5.02 Å². The third kappa shape index (κ3) is 4.51. The zero-order valence-corrected chi connectivity index (χ0v) is 17.1. The molecule has 1 amide bonds. The number of para-hydroxylation sites is 2. The third-order valence-electron chi connectivity index (χ3n) is 4.19. The number of nitrogens with zero attached hydrogens (tertiary/aromatic N) is 1. The molecular formula is C19H21ClN2O5S. The van der Waals surface area contributed by atoms with Crippen molar-refractivity contribution in [2.75, 3.05) is 29.0 Å². The Morgan fingerprint density at radius 1 is 1.32 bits per heavy atom. The van der Waals surface area contributed by atoms with Crippen molar-refractivity contribution in [1.82, 2.24) is 0 Å². The maximum atomic E-state index is 12.8. The molecule has 7 nitrogen and oxygen atoms in total. The van der Waals surface area contributed by atoms with Gasteiger partial charge in [0, 0.05) is 18.0 Å². The minimum Gasteiger partial charge on any atom is -0.492 e. The topological polar surface area (TPSA) is 84.9 Å². The van der Waals surface area contributed by atoms with Gasteiger partial charge < -0.3 is 14.8 Å². The lowest BCUT2D eigenvalue weighted by Gasteiger charge is -2.21. The number of ether oxygens (including phenoxy) is 2. The summed E-state index contributed by atoms with van der Waals surface area (Å²) >= 11 is 6.03. The fourth-order valence-electron chi connectivity index (χ4n) is 2.95. The van der Waals surface area contributed by atoms with Crippen molar-refractivity contribution < 1.29 is 22.7 Å². The van der Waals surface area contributed by atoms with Crippen molar-refractivity contribution in [2.45, 2.75) is 19.4 Å². The van der Waals surface area contributed by atoms with Gasteiger partial charge in [0.05, 0.1) is 24.2 Å². The van der Waals surface area contributed by atoms with Crippen molar-refractivity contribution in [3.63, 3.8) is 0 Å². The first kappa shape index (κ1) is 20.3. The van der Waals surface area contributed by atoms with Crippen LogP contribution in [0.4, 0.5) is 11.4 Å². The minimum atomic E-state index is -3.56. The van der Waals surface area contributed by atoms with Crippen LogP contribution in [-0.4, -0.2) is 39.8 Å². The summed E-state index contributed by atoms with van der Waals surface area (Å²) in [7, 11) is -3.56.